The van der Waals surface area contributed by atoms with Gasteiger partial charge in [0, 0.05) is 36.5 Å². The molecule has 154 valence electrons. The molecule has 30 heavy (non-hydrogen) atoms. The minimum Gasteiger partial charge on any atom is -0.482 e. The molecule has 0 aromatic heterocycles. The number of fused-ring (bicyclic) bond motifs is 1. The van der Waals surface area contributed by atoms with Crippen molar-refractivity contribution >= 4 is 40.5 Å². The maximum absolute atomic E-state index is 12.6. The molecular weight excluding hydrogens is 392 g/mol. The second-order valence-electron chi connectivity index (χ2n) is 6.93. The van der Waals surface area contributed by atoms with Crippen molar-refractivity contribution in [2.24, 2.45) is 0 Å². The zero-order chi connectivity index (χ0) is 21.3. The highest BCUT2D eigenvalue weighted by Crippen LogP contribution is 2.35. The Morgan fingerprint density at radius 2 is 2.00 bits per heavy atom. The smallest absolute Gasteiger partial charge is 0.271 e. The molecule has 0 spiro atoms. The molecule has 0 radical (unpaired) electrons. The second kappa shape index (κ2) is 7.82. The summed E-state index contributed by atoms with van der Waals surface area (Å²) in [7, 11) is 0. The van der Waals surface area contributed by atoms with Gasteiger partial charge in [0.2, 0.25) is 11.8 Å². The third-order valence-corrected chi connectivity index (χ3v) is 4.91. The van der Waals surface area contributed by atoms with Crippen molar-refractivity contribution in [3.8, 4) is 5.75 Å². The van der Waals surface area contributed by atoms with Crippen molar-refractivity contribution < 1.29 is 24.0 Å². The lowest BCUT2D eigenvalue weighted by Gasteiger charge is -2.28. The molecule has 0 saturated carbocycles. The molecule has 0 bridgehead atoms. The highest BCUT2D eigenvalue weighted by Gasteiger charge is 2.29. The number of hydrogen-bond donors (Lipinski definition) is 1. The van der Waals surface area contributed by atoms with E-state index in [9.17, 15) is 24.5 Å². The Labute approximate surface area is 171 Å². The van der Waals surface area contributed by atoms with E-state index >= 15 is 0 Å². The van der Waals surface area contributed by atoms with Crippen LogP contribution in [0.2, 0.25) is 0 Å². The van der Waals surface area contributed by atoms with Gasteiger partial charge >= 0.3 is 0 Å². The Hall–Kier alpha value is -3.95. The molecule has 2 aromatic carbocycles. The van der Waals surface area contributed by atoms with Gasteiger partial charge in [-0.05, 0) is 30.7 Å². The average molecular weight is 410 g/mol. The maximum Gasteiger partial charge on any atom is 0.271 e. The molecule has 1 fully saturated rings. The first kappa shape index (κ1) is 19.4. The summed E-state index contributed by atoms with van der Waals surface area (Å²) in [6, 6.07) is 10.8. The van der Waals surface area contributed by atoms with Crippen molar-refractivity contribution in [3.63, 3.8) is 0 Å². The predicted octanol–water partition coefficient (Wildman–Crippen LogP) is 2.09. The van der Waals surface area contributed by atoms with Crippen molar-refractivity contribution in [1.29, 1.82) is 0 Å². The SMILES string of the molecule is O=C(CN1C(=O)COc2ccc([N+](=O)[O-])cc21)Nc1cccc(N2CCCC2=O)c1. The standard InChI is InChI=1S/C20H18N4O6/c25-18(21-13-3-1-4-14(9-13)22-8-2-5-19(22)26)11-23-16-10-15(24(28)29)6-7-17(16)30-12-20(23)27/h1,3-4,6-7,9-10H,2,5,8,11-12H2,(H,21,25). The molecule has 10 heteroatoms. The van der Waals surface area contributed by atoms with Crippen LogP contribution in [-0.2, 0) is 14.4 Å². The molecule has 2 aromatic rings. The van der Waals surface area contributed by atoms with Crippen LogP contribution in [0.5, 0.6) is 5.75 Å². The number of carbonyl (C=O) groups excluding carboxylic acids is 3. The molecule has 0 unspecified atom stereocenters. The molecule has 2 aliphatic rings. The Morgan fingerprint density at radius 1 is 1.17 bits per heavy atom. The van der Waals surface area contributed by atoms with Crippen molar-refractivity contribution in [2.45, 2.75) is 12.8 Å². The minimum absolute atomic E-state index is 0.0376. The van der Waals surface area contributed by atoms with Crippen LogP contribution < -0.4 is 19.9 Å². The molecule has 2 heterocycles. The highest BCUT2D eigenvalue weighted by atomic mass is 16.6. The van der Waals surface area contributed by atoms with Gasteiger partial charge in [-0.3, -0.25) is 29.4 Å². The summed E-state index contributed by atoms with van der Waals surface area (Å²) in [6.07, 6.45) is 1.29. The van der Waals surface area contributed by atoms with E-state index in [2.05, 4.69) is 5.32 Å². The minimum atomic E-state index is -0.581. The number of nitrogens with zero attached hydrogens (tertiary/aromatic N) is 3. The van der Waals surface area contributed by atoms with Gasteiger partial charge in [0.1, 0.15) is 12.3 Å². The van der Waals surface area contributed by atoms with Crippen molar-refractivity contribution in [3.05, 3.63) is 52.6 Å². The fourth-order valence-electron chi connectivity index (χ4n) is 3.49. The van der Waals surface area contributed by atoms with Crippen LogP contribution in [-0.4, -0.2) is 42.3 Å². The van der Waals surface area contributed by atoms with Gasteiger partial charge in [0.15, 0.2) is 6.61 Å². The van der Waals surface area contributed by atoms with E-state index in [-0.39, 0.29) is 30.4 Å². The number of non-ortho nitro benzene ring substituents is 1. The Bertz CT molecular complexity index is 1050. The maximum atomic E-state index is 12.6. The highest BCUT2D eigenvalue weighted by molar-refractivity contribution is 6.05. The Kier molecular flexibility index (Phi) is 5.05. The number of hydrogen-bond acceptors (Lipinski definition) is 6. The summed E-state index contributed by atoms with van der Waals surface area (Å²) >= 11 is 0. The van der Waals surface area contributed by atoms with Crippen LogP contribution in [0.15, 0.2) is 42.5 Å². The quantitative estimate of drug-likeness (QED) is 0.595. The molecule has 3 amide bonds. The van der Waals surface area contributed by atoms with Gasteiger partial charge in [-0.25, -0.2) is 0 Å². The molecule has 0 atom stereocenters. The molecule has 2 aliphatic heterocycles. The number of amides is 3. The van der Waals surface area contributed by atoms with Gasteiger partial charge in [-0.1, -0.05) is 6.07 Å². The second-order valence-corrected chi connectivity index (χ2v) is 6.93. The zero-order valence-electron chi connectivity index (χ0n) is 15.9. The number of nitro benzene ring substituents is 1. The summed E-state index contributed by atoms with van der Waals surface area (Å²) in [5, 5.41) is 13.8. The monoisotopic (exact) mass is 410 g/mol. The van der Waals surface area contributed by atoms with Gasteiger partial charge < -0.3 is 15.0 Å². The van der Waals surface area contributed by atoms with Crippen LogP contribution in [0, 0.1) is 10.1 Å². The first-order chi connectivity index (χ1) is 14.4. The summed E-state index contributed by atoms with van der Waals surface area (Å²) < 4.78 is 5.30. The number of rotatable bonds is 5. The largest absolute Gasteiger partial charge is 0.482 e. The third-order valence-electron chi connectivity index (χ3n) is 4.91. The van der Waals surface area contributed by atoms with Gasteiger partial charge in [-0.15, -0.1) is 0 Å². The van der Waals surface area contributed by atoms with Crippen LogP contribution >= 0.6 is 0 Å². The number of nitrogens with one attached hydrogen (secondary N) is 1. The van der Waals surface area contributed by atoms with E-state index in [0.717, 1.165) is 11.3 Å². The average Bonchev–Trinajstić information content (AvgIpc) is 3.16. The topological polar surface area (TPSA) is 122 Å². The van der Waals surface area contributed by atoms with Crippen LogP contribution in [0.3, 0.4) is 0 Å². The Balaban J connectivity index is 1.51. The lowest BCUT2D eigenvalue weighted by atomic mass is 10.2. The van der Waals surface area contributed by atoms with E-state index in [1.807, 2.05) is 0 Å². The lowest BCUT2D eigenvalue weighted by Crippen LogP contribution is -2.43. The number of nitro groups is 1. The number of carbonyl (C=O) groups is 3. The third kappa shape index (κ3) is 3.79. The van der Waals surface area contributed by atoms with Crippen molar-refractivity contribution in [2.75, 3.05) is 34.8 Å². The molecular formula is C20H18N4O6. The van der Waals surface area contributed by atoms with E-state index < -0.39 is 16.7 Å². The van der Waals surface area contributed by atoms with Gasteiger partial charge in [0.05, 0.1) is 10.6 Å². The molecule has 0 aliphatic carbocycles. The number of ether oxygens (including phenoxy) is 1. The van der Waals surface area contributed by atoms with Gasteiger partial charge in [0.25, 0.3) is 11.6 Å². The summed E-state index contributed by atoms with van der Waals surface area (Å²) in [4.78, 5) is 50.1. The Morgan fingerprint density at radius 3 is 2.73 bits per heavy atom. The number of anilines is 3. The van der Waals surface area contributed by atoms with E-state index in [0.29, 0.717) is 30.1 Å². The van der Waals surface area contributed by atoms with E-state index in [1.54, 1.807) is 29.2 Å². The molecule has 1 N–H and O–H groups in total. The molecule has 10 nitrogen and oxygen atoms in total. The van der Waals surface area contributed by atoms with E-state index in [1.165, 1.54) is 18.2 Å². The zero-order valence-corrected chi connectivity index (χ0v) is 15.9. The fraction of sp³-hybridized carbons (Fsp3) is 0.250. The summed E-state index contributed by atoms with van der Waals surface area (Å²) in [6.45, 7) is 0.0436. The predicted molar refractivity (Wildman–Crippen MR) is 108 cm³/mol. The first-order valence-corrected chi connectivity index (χ1v) is 9.34. The van der Waals surface area contributed by atoms with Crippen LogP contribution in [0.25, 0.3) is 0 Å². The lowest BCUT2D eigenvalue weighted by molar-refractivity contribution is -0.384. The van der Waals surface area contributed by atoms with Crippen molar-refractivity contribution in [1.82, 2.24) is 0 Å². The van der Waals surface area contributed by atoms with Gasteiger partial charge in [-0.2, -0.15) is 0 Å². The number of benzene rings is 2. The summed E-state index contributed by atoms with van der Waals surface area (Å²) in [5.74, 6) is -0.625. The molecule has 4 rings (SSSR count). The van der Waals surface area contributed by atoms with E-state index in [4.69, 9.17) is 4.74 Å². The fourth-order valence-corrected chi connectivity index (χ4v) is 3.49. The first-order valence-electron chi connectivity index (χ1n) is 9.34. The summed E-state index contributed by atoms with van der Waals surface area (Å²) in [5.41, 5.74) is 1.14. The van der Waals surface area contributed by atoms with Crippen LogP contribution in [0.1, 0.15) is 12.8 Å². The normalized spacial score (nSPS) is 15.6. The molecule has 1 saturated heterocycles. The van der Waals surface area contributed by atoms with Crippen LogP contribution in [0.4, 0.5) is 22.7 Å².